The van der Waals surface area contributed by atoms with E-state index >= 15 is 0 Å². The molecule has 0 amide bonds. The molecular weight excluding hydrogens is 238 g/mol. The minimum absolute atomic E-state index is 0.281. The summed E-state index contributed by atoms with van der Waals surface area (Å²) in [5.74, 6) is -0.925. The van der Waals surface area contributed by atoms with Crippen LogP contribution >= 0.6 is 11.3 Å². The molecule has 2 N–H and O–H groups in total. The van der Waals surface area contributed by atoms with E-state index in [-0.39, 0.29) is 11.7 Å². The van der Waals surface area contributed by atoms with Gasteiger partial charge >= 0.3 is 5.97 Å². The summed E-state index contributed by atoms with van der Waals surface area (Å²) in [5, 5.41) is 19.0. The van der Waals surface area contributed by atoms with E-state index in [0.717, 1.165) is 21.6 Å². The van der Waals surface area contributed by atoms with Gasteiger partial charge in [-0.1, -0.05) is 0 Å². The molecule has 0 saturated carbocycles. The van der Waals surface area contributed by atoms with Gasteiger partial charge in [0.25, 0.3) is 0 Å². The van der Waals surface area contributed by atoms with Crippen LogP contribution in [0.4, 0.5) is 0 Å². The van der Waals surface area contributed by atoms with Crippen LogP contribution in [0.1, 0.15) is 28.7 Å². The maximum atomic E-state index is 10.8. The fraction of sp³-hybridized carbons (Fsp3) is 0.333. The molecule has 0 bridgehead atoms. The molecule has 0 saturated heterocycles. The monoisotopic (exact) mass is 251 g/mol. The van der Waals surface area contributed by atoms with Crippen LogP contribution in [0.15, 0.2) is 18.2 Å². The lowest BCUT2D eigenvalue weighted by Crippen LogP contribution is -2.00. The number of thiazole rings is 1. The number of carboxylic acid groups (broad SMARTS) is 1. The molecule has 0 aliphatic rings. The lowest BCUT2D eigenvalue weighted by Gasteiger charge is -1.99. The quantitative estimate of drug-likeness (QED) is 0.874. The Balaban J connectivity index is 2.27. The van der Waals surface area contributed by atoms with Gasteiger partial charge in [-0.3, -0.25) is 0 Å². The number of aliphatic hydroxyl groups excluding tert-OH is 1. The Bertz CT molecular complexity index is 548. The van der Waals surface area contributed by atoms with Crippen molar-refractivity contribution in [1.82, 2.24) is 4.98 Å². The van der Waals surface area contributed by atoms with Crippen LogP contribution in [0.3, 0.4) is 0 Å². The Morgan fingerprint density at radius 3 is 2.94 bits per heavy atom. The summed E-state index contributed by atoms with van der Waals surface area (Å²) in [6.45, 7) is 1.75. The van der Waals surface area contributed by atoms with Gasteiger partial charge in [0.1, 0.15) is 0 Å². The normalized spacial score (nSPS) is 12.8. The largest absolute Gasteiger partial charge is 0.478 e. The highest BCUT2D eigenvalue weighted by molar-refractivity contribution is 7.18. The molecule has 0 fully saturated rings. The summed E-state index contributed by atoms with van der Waals surface area (Å²) < 4.78 is 0.880. The van der Waals surface area contributed by atoms with E-state index in [9.17, 15) is 9.90 Å². The van der Waals surface area contributed by atoms with Crippen LogP contribution in [0.25, 0.3) is 10.2 Å². The van der Waals surface area contributed by atoms with Gasteiger partial charge in [0.2, 0.25) is 0 Å². The van der Waals surface area contributed by atoms with E-state index in [1.807, 2.05) is 0 Å². The average Bonchev–Trinajstić information content (AvgIpc) is 2.67. The number of hydrogen-bond acceptors (Lipinski definition) is 4. The van der Waals surface area contributed by atoms with Crippen LogP contribution in [-0.2, 0) is 6.42 Å². The van der Waals surface area contributed by atoms with Gasteiger partial charge < -0.3 is 10.2 Å². The molecule has 1 heterocycles. The summed E-state index contributed by atoms with van der Waals surface area (Å²) >= 11 is 1.49. The Kier molecular flexibility index (Phi) is 3.40. The number of rotatable bonds is 4. The number of aromatic carboxylic acids is 1. The number of aryl methyl sites for hydroxylation is 1. The second-order valence-corrected chi connectivity index (χ2v) is 5.10. The lowest BCUT2D eigenvalue weighted by atomic mass is 10.2. The van der Waals surface area contributed by atoms with Crippen molar-refractivity contribution in [2.45, 2.75) is 25.9 Å². The summed E-state index contributed by atoms with van der Waals surface area (Å²) in [6.07, 6.45) is 1.06. The molecule has 1 atom stereocenters. The van der Waals surface area contributed by atoms with Crippen LogP contribution in [0, 0.1) is 0 Å². The third kappa shape index (κ3) is 2.81. The highest BCUT2D eigenvalue weighted by atomic mass is 32.1. The van der Waals surface area contributed by atoms with E-state index in [0.29, 0.717) is 6.42 Å². The Hall–Kier alpha value is -1.46. The van der Waals surface area contributed by atoms with E-state index in [1.54, 1.807) is 25.1 Å². The highest BCUT2D eigenvalue weighted by Gasteiger charge is 2.08. The summed E-state index contributed by atoms with van der Waals surface area (Å²) in [7, 11) is 0. The molecule has 0 aliphatic heterocycles. The van der Waals surface area contributed by atoms with Gasteiger partial charge in [0.05, 0.1) is 26.9 Å². The van der Waals surface area contributed by atoms with E-state index < -0.39 is 5.97 Å². The van der Waals surface area contributed by atoms with Crippen LogP contribution in [0.2, 0.25) is 0 Å². The molecular formula is C12H13NO3S. The minimum atomic E-state index is -0.925. The van der Waals surface area contributed by atoms with E-state index in [4.69, 9.17) is 5.11 Å². The molecule has 0 spiro atoms. The number of carbonyl (C=O) groups is 1. The molecule has 2 aromatic rings. The standard InChI is InChI=1S/C12H13NO3S/c1-7(14)2-5-11-13-9-4-3-8(12(15)16)6-10(9)17-11/h3-4,6-7,14H,2,5H2,1H3,(H,15,16). The van der Waals surface area contributed by atoms with Crippen LogP contribution in [0.5, 0.6) is 0 Å². The van der Waals surface area contributed by atoms with Crippen LogP contribution < -0.4 is 0 Å². The Morgan fingerprint density at radius 2 is 2.29 bits per heavy atom. The minimum Gasteiger partial charge on any atom is -0.478 e. The predicted octanol–water partition coefficient (Wildman–Crippen LogP) is 2.31. The molecule has 17 heavy (non-hydrogen) atoms. The zero-order chi connectivity index (χ0) is 12.4. The second kappa shape index (κ2) is 4.81. The molecule has 1 unspecified atom stereocenters. The Labute approximate surface area is 103 Å². The molecule has 0 radical (unpaired) electrons. The van der Waals surface area contributed by atoms with Crippen molar-refractivity contribution >= 4 is 27.5 Å². The number of fused-ring (bicyclic) bond motifs is 1. The van der Waals surface area contributed by atoms with Crippen molar-refractivity contribution in [2.75, 3.05) is 0 Å². The first-order chi connectivity index (χ1) is 8.06. The SMILES string of the molecule is CC(O)CCc1nc2ccc(C(=O)O)cc2s1. The number of aromatic nitrogens is 1. The van der Waals surface area contributed by atoms with Crippen molar-refractivity contribution in [3.05, 3.63) is 28.8 Å². The molecule has 0 aliphatic carbocycles. The van der Waals surface area contributed by atoms with Gasteiger partial charge in [-0.15, -0.1) is 11.3 Å². The van der Waals surface area contributed by atoms with Crippen molar-refractivity contribution < 1.29 is 15.0 Å². The van der Waals surface area contributed by atoms with Crippen molar-refractivity contribution in [3.63, 3.8) is 0 Å². The summed E-state index contributed by atoms with van der Waals surface area (Å²) in [5.41, 5.74) is 1.10. The summed E-state index contributed by atoms with van der Waals surface area (Å²) in [4.78, 5) is 15.2. The topological polar surface area (TPSA) is 70.4 Å². The number of hydrogen-bond donors (Lipinski definition) is 2. The molecule has 1 aromatic carbocycles. The van der Waals surface area contributed by atoms with Crippen molar-refractivity contribution in [2.24, 2.45) is 0 Å². The van der Waals surface area contributed by atoms with Gasteiger partial charge in [0.15, 0.2) is 0 Å². The van der Waals surface area contributed by atoms with Crippen LogP contribution in [-0.4, -0.2) is 27.3 Å². The van der Waals surface area contributed by atoms with Gasteiger partial charge in [-0.25, -0.2) is 9.78 Å². The number of nitrogens with zero attached hydrogens (tertiary/aromatic N) is 1. The summed E-state index contributed by atoms with van der Waals surface area (Å²) in [6, 6.07) is 4.92. The second-order valence-electron chi connectivity index (χ2n) is 3.98. The van der Waals surface area contributed by atoms with E-state index in [1.165, 1.54) is 11.3 Å². The zero-order valence-corrected chi connectivity index (χ0v) is 10.2. The highest BCUT2D eigenvalue weighted by Crippen LogP contribution is 2.24. The lowest BCUT2D eigenvalue weighted by molar-refractivity contribution is 0.0697. The van der Waals surface area contributed by atoms with Crippen molar-refractivity contribution in [1.29, 1.82) is 0 Å². The molecule has 90 valence electrons. The maximum Gasteiger partial charge on any atom is 0.335 e. The third-order valence-electron chi connectivity index (χ3n) is 2.46. The Morgan fingerprint density at radius 1 is 1.53 bits per heavy atom. The third-order valence-corrected chi connectivity index (χ3v) is 3.53. The van der Waals surface area contributed by atoms with E-state index in [2.05, 4.69) is 4.98 Å². The first kappa shape index (κ1) is 12.0. The van der Waals surface area contributed by atoms with Gasteiger partial charge in [0, 0.05) is 6.42 Å². The predicted molar refractivity (Wildman–Crippen MR) is 66.6 cm³/mol. The smallest absolute Gasteiger partial charge is 0.335 e. The molecule has 5 heteroatoms. The molecule has 1 aromatic heterocycles. The van der Waals surface area contributed by atoms with Gasteiger partial charge in [-0.2, -0.15) is 0 Å². The average molecular weight is 251 g/mol. The first-order valence-corrected chi connectivity index (χ1v) is 6.19. The fourth-order valence-electron chi connectivity index (χ4n) is 1.54. The molecule has 2 rings (SSSR count). The molecule has 4 nitrogen and oxygen atoms in total. The fourth-order valence-corrected chi connectivity index (χ4v) is 2.57. The number of carboxylic acids is 1. The number of aliphatic hydroxyl groups is 1. The number of benzene rings is 1. The zero-order valence-electron chi connectivity index (χ0n) is 9.38. The maximum absolute atomic E-state index is 10.8. The van der Waals surface area contributed by atoms with Crippen molar-refractivity contribution in [3.8, 4) is 0 Å². The first-order valence-electron chi connectivity index (χ1n) is 5.37. The van der Waals surface area contributed by atoms with Gasteiger partial charge in [-0.05, 0) is 31.5 Å².